The number of phosphoric ester groups is 1. The van der Waals surface area contributed by atoms with Crippen molar-refractivity contribution in [1.29, 1.82) is 0 Å². The summed E-state index contributed by atoms with van der Waals surface area (Å²) in [6.45, 7) is 4.13. The molecule has 0 heterocycles. The Bertz CT molecular complexity index is 1250. The smallest absolute Gasteiger partial charge is 0.462 e. The van der Waals surface area contributed by atoms with Crippen molar-refractivity contribution < 1.29 is 47.2 Å². The van der Waals surface area contributed by atoms with E-state index < -0.39 is 38.6 Å². The van der Waals surface area contributed by atoms with Crippen molar-refractivity contribution in [3.63, 3.8) is 0 Å². The lowest BCUT2D eigenvalue weighted by molar-refractivity contribution is -0.870. The summed E-state index contributed by atoms with van der Waals surface area (Å²) in [6, 6.07) is 0. The summed E-state index contributed by atoms with van der Waals surface area (Å²) >= 11 is 0. The topological polar surface area (TPSA) is 129 Å². The molecule has 0 aromatic heterocycles. The quantitative estimate of drug-likeness (QED) is 0.0155. The number of carbonyl (C=O) groups excluding carboxylic acids is 2. The van der Waals surface area contributed by atoms with Crippen molar-refractivity contribution in [2.75, 3.05) is 47.5 Å². The molecule has 11 heteroatoms. The third-order valence-electron chi connectivity index (χ3n) is 9.31. The molecule has 0 radical (unpaired) electrons. The summed E-state index contributed by atoms with van der Waals surface area (Å²) in [4.78, 5) is 35.4. The fourth-order valence-corrected chi connectivity index (χ4v) is 6.42. The number of likely N-dealkylation sites (N-methyl/N-ethyl adjacent to an activating group) is 1. The van der Waals surface area contributed by atoms with E-state index in [4.69, 9.17) is 18.5 Å². The van der Waals surface area contributed by atoms with E-state index in [0.29, 0.717) is 30.3 Å². The first kappa shape index (κ1) is 56.4. The van der Waals surface area contributed by atoms with Crippen LogP contribution in [0.4, 0.5) is 0 Å². The standard InChI is InChI=1S/C48H84NO9P/c1-6-8-10-12-14-16-18-20-21-22-23-25-27-29-31-33-35-39-48(52)58-46(44-57-59(53,54)56-42-41-49(3,4)5)43-55-47(51)40-36-38-45(50)37-34-32-30-28-26-24-19-17-15-13-11-9-7-2/h14,16,20-21,23-26,30,32,34,37,45-46,50H,6-13,15,17-19,22,27-29,31,33,35-36,38-44H2,1-5H3/p+1/b16-14-,21-20-,25-23-,26-24+,32-30+,37-34+/t45?,46-/m1/s1. The van der Waals surface area contributed by atoms with Gasteiger partial charge in [-0.1, -0.05) is 145 Å². The molecule has 0 aliphatic rings. The summed E-state index contributed by atoms with van der Waals surface area (Å²) in [6.07, 6.45) is 45.5. The number of hydrogen-bond donors (Lipinski definition) is 2. The molecule has 10 nitrogen and oxygen atoms in total. The van der Waals surface area contributed by atoms with E-state index in [2.05, 4.69) is 62.5 Å². The zero-order valence-electron chi connectivity index (χ0n) is 37.8. The maximum Gasteiger partial charge on any atom is 0.472 e. The Balaban J connectivity index is 4.58. The molecule has 0 amide bonds. The lowest BCUT2D eigenvalue weighted by Gasteiger charge is -2.24. The number of ether oxygens (including phenoxy) is 2. The highest BCUT2D eigenvalue weighted by Gasteiger charge is 2.27. The van der Waals surface area contributed by atoms with E-state index in [0.717, 1.165) is 51.4 Å². The Hall–Kier alpha value is -2.59. The number of aliphatic hydroxyl groups is 1. The zero-order chi connectivity index (χ0) is 43.7. The second kappa shape index (κ2) is 39.5. The molecule has 0 saturated heterocycles. The molecule has 2 N–H and O–H groups in total. The van der Waals surface area contributed by atoms with Gasteiger partial charge in [-0.2, -0.15) is 0 Å². The van der Waals surface area contributed by atoms with Crippen LogP contribution in [0, 0.1) is 0 Å². The lowest BCUT2D eigenvalue weighted by Crippen LogP contribution is -2.37. The summed E-state index contributed by atoms with van der Waals surface area (Å²) in [7, 11) is 1.35. The fourth-order valence-electron chi connectivity index (χ4n) is 5.68. The van der Waals surface area contributed by atoms with Gasteiger partial charge in [-0.15, -0.1) is 0 Å². The van der Waals surface area contributed by atoms with Gasteiger partial charge in [0.1, 0.15) is 19.8 Å². The molecule has 59 heavy (non-hydrogen) atoms. The second-order valence-electron chi connectivity index (χ2n) is 16.3. The van der Waals surface area contributed by atoms with Crippen molar-refractivity contribution in [1.82, 2.24) is 0 Å². The first-order valence-corrected chi connectivity index (χ1v) is 24.3. The van der Waals surface area contributed by atoms with Gasteiger partial charge in [-0.05, 0) is 77.0 Å². The Morgan fingerprint density at radius 2 is 1.12 bits per heavy atom. The predicted octanol–water partition coefficient (Wildman–Crippen LogP) is 12.0. The minimum Gasteiger partial charge on any atom is -0.462 e. The maximum atomic E-state index is 12.7. The average Bonchev–Trinajstić information content (AvgIpc) is 3.18. The molecule has 0 aliphatic carbocycles. The van der Waals surface area contributed by atoms with Crippen LogP contribution in [-0.4, -0.2) is 86.1 Å². The van der Waals surface area contributed by atoms with E-state index in [1.807, 2.05) is 39.4 Å². The Kier molecular flexibility index (Phi) is 37.8. The van der Waals surface area contributed by atoms with Crippen molar-refractivity contribution >= 4 is 19.8 Å². The van der Waals surface area contributed by atoms with Crippen LogP contribution >= 0.6 is 7.82 Å². The number of esters is 2. The van der Waals surface area contributed by atoms with Crippen LogP contribution in [0.3, 0.4) is 0 Å². The van der Waals surface area contributed by atoms with Crippen LogP contribution < -0.4 is 0 Å². The van der Waals surface area contributed by atoms with Crippen LogP contribution in [0.5, 0.6) is 0 Å². The molecular weight excluding hydrogens is 766 g/mol. The largest absolute Gasteiger partial charge is 0.472 e. The zero-order valence-corrected chi connectivity index (χ0v) is 38.7. The number of rotatable bonds is 40. The molecule has 0 aromatic rings. The molecule has 0 rings (SSSR count). The number of aliphatic hydroxyl groups excluding tert-OH is 1. The molecule has 340 valence electrons. The Labute approximate surface area is 360 Å². The number of carbonyl (C=O) groups is 2. The summed E-state index contributed by atoms with van der Waals surface area (Å²) in [5, 5.41) is 10.3. The molecule has 0 bridgehead atoms. The Morgan fingerprint density at radius 3 is 1.73 bits per heavy atom. The third kappa shape index (κ3) is 43.3. The van der Waals surface area contributed by atoms with Gasteiger partial charge in [-0.3, -0.25) is 18.6 Å². The van der Waals surface area contributed by atoms with Crippen molar-refractivity contribution in [3.8, 4) is 0 Å². The molecule has 3 atom stereocenters. The number of nitrogens with zero attached hydrogens (tertiary/aromatic N) is 1. The van der Waals surface area contributed by atoms with Crippen molar-refractivity contribution in [3.05, 3.63) is 72.9 Å². The van der Waals surface area contributed by atoms with Crippen LogP contribution in [0.2, 0.25) is 0 Å². The van der Waals surface area contributed by atoms with Gasteiger partial charge in [0.2, 0.25) is 0 Å². The van der Waals surface area contributed by atoms with Gasteiger partial charge in [0.15, 0.2) is 6.10 Å². The van der Waals surface area contributed by atoms with E-state index >= 15 is 0 Å². The molecule has 0 saturated carbocycles. The van der Waals surface area contributed by atoms with Crippen LogP contribution in [0.15, 0.2) is 72.9 Å². The summed E-state index contributed by atoms with van der Waals surface area (Å²) in [5.74, 6) is -1.03. The fraction of sp³-hybridized carbons (Fsp3) is 0.708. The average molecular weight is 851 g/mol. The predicted molar refractivity (Wildman–Crippen MR) is 244 cm³/mol. The SMILES string of the molecule is CCCCC/C=C\C/C=C\C/C=C\CCCCCCC(=O)O[C@H](COC(=O)CCCC(O)/C=C/C=C/C/C=C/CCCCCCCC)COP(=O)(O)OCC[N+](C)(C)C. The van der Waals surface area contributed by atoms with Crippen molar-refractivity contribution in [2.45, 2.75) is 174 Å². The van der Waals surface area contributed by atoms with E-state index in [1.54, 1.807) is 6.08 Å². The minimum atomic E-state index is -4.43. The van der Waals surface area contributed by atoms with Gasteiger partial charge in [0.25, 0.3) is 0 Å². The van der Waals surface area contributed by atoms with Gasteiger partial charge >= 0.3 is 19.8 Å². The highest BCUT2D eigenvalue weighted by Crippen LogP contribution is 2.43. The molecule has 0 aliphatic heterocycles. The summed E-state index contributed by atoms with van der Waals surface area (Å²) in [5.41, 5.74) is 0. The van der Waals surface area contributed by atoms with Crippen LogP contribution in [-0.2, 0) is 32.7 Å². The third-order valence-corrected chi connectivity index (χ3v) is 10.3. The molecule has 0 spiro atoms. The van der Waals surface area contributed by atoms with Gasteiger partial charge in [-0.25, -0.2) is 4.57 Å². The normalized spacial score (nSPS) is 14.8. The monoisotopic (exact) mass is 851 g/mol. The number of hydrogen-bond acceptors (Lipinski definition) is 8. The van der Waals surface area contributed by atoms with E-state index in [1.165, 1.54) is 64.2 Å². The summed E-state index contributed by atoms with van der Waals surface area (Å²) < 4.78 is 34.1. The van der Waals surface area contributed by atoms with E-state index in [9.17, 15) is 24.2 Å². The first-order valence-electron chi connectivity index (χ1n) is 22.8. The number of phosphoric acid groups is 1. The van der Waals surface area contributed by atoms with Gasteiger partial charge < -0.3 is 24.0 Å². The molecule has 2 unspecified atom stereocenters. The van der Waals surface area contributed by atoms with Crippen LogP contribution in [0.25, 0.3) is 0 Å². The second-order valence-corrected chi connectivity index (χ2v) is 17.7. The minimum absolute atomic E-state index is 0.00525. The molecule has 0 fully saturated rings. The Morgan fingerprint density at radius 1 is 0.610 bits per heavy atom. The highest BCUT2D eigenvalue weighted by molar-refractivity contribution is 7.47. The molecular formula is C48H85NO9P+. The van der Waals surface area contributed by atoms with Gasteiger partial charge in [0.05, 0.1) is 33.9 Å². The highest BCUT2D eigenvalue weighted by atomic mass is 31.2. The lowest BCUT2D eigenvalue weighted by atomic mass is 10.1. The number of quaternary nitrogens is 1. The van der Waals surface area contributed by atoms with Crippen LogP contribution in [0.1, 0.15) is 162 Å². The van der Waals surface area contributed by atoms with E-state index in [-0.39, 0.29) is 26.1 Å². The van der Waals surface area contributed by atoms with Crippen molar-refractivity contribution in [2.24, 2.45) is 0 Å². The molecule has 0 aromatic carbocycles. The maximum absolute atomic E-state index is 12.7. The number of allylic oxidation sites excluding steroid dienone is 11. The van der Waals surface area contributed by atoms with Gasteiger partial charge in [0, 0.05) is 12.8 Å². The number of unbranched alkanes of at least 4 members (excludes halogenated alkanes) is 13. The first-order chi connectivity index (χ1) is 28.4.